The van der Waals surface area contributed by atoms with Crippen molar-refractivity contribution in [2.24, 2.45) is 11.8 Å². The second-order valence-corrected chi connectivity index (χ2v) is 8.43. The summed E-state index contributed by atoms with van der Waals surface area (Å²) in [5.41, 5.74) is -0.413. The van der Waals surface area contributed by atoms with Crippen LogP contribution < -0.4 is 5.32 Å². The van der Waals surface area contributed by atoms with Crippen LogP contribution in [0.4, 0.5) is 4.79 Å². The number of amides is 1. The van der Waals surface area contributed by atoms with Crippen LogP contribution in [0.1, 0.15) is 52.9 Å². The summed E-state index contributed by atoms with van der Waals surface area (Å²) >= 11 is 0. The Labute approximate surface area is 140 Å². The maximum Gasteiger partial charge on any atom is 0.410 e. The van der Waals surface area contributed by atoms with Crippen molar-refractivity contribution in [3.8, 4) is 0 Å². The predicted molar refractivity (Wildman–Crippen MR) is 89.4 cm³/mol. The summed E-state index contributed by atoms with van der Waals surface area (Å²) in [6.45, 7) is 7.88. The number of nitrogens with zero attached hydrogens (tertiary/aromatic N) is 1. The van der Waals surface area contributed by atoms with Crippen molar-refractivity contribution in [1.29, 1.82) is 0 Å². The molecule has 23 heavy (non-hydrogen) atoms. The third-order valence-electron chi connectivity index (χ3n) is 5.76. The van der Waals surface area contributed by atoms with Gasteiger partial charge in [0.15, 0.2) is 0 Å². The molecule has 0 spiro atoms. The lowest BCUT2D eigenvalue weighted by molar-refractivity contribution is -0.0300. The van der Waals surface area contributed by atoms with Gasteiger partial charge in [0, 0.05) is 25.7 Å². The van der Waals surface area contributed by atoms with Crippen LogP contribution in [0.5, 0.6) is 0 Å². The third kappa shape index (κ3) is 3.66. The maximum atomic E-state index is 12.5. The number of hydrogen-bond donors (Lipinski definition) is 1. The molecule has 0 saturated carbocycles. The Morgan fingerprint density at radius 3 is 2.35 bits per heavy atom. The van der Waals surface area contributed by atoms with Crippen molar-refractivity contribution in [3.63, 3.8) is 0 Å². The van der Waals surface area contributed by atoms with Crippen LogP contribution in [0.2, 0.25) is 0 Å². The SMILES string of the molecule is COC1CNCCC1C1C[C@H]2CC[C@@H](C1)N2C(=O)OC(C)(C)C. The average Bonchev–Trinajstić information content (AvgIpc) is 2.76. The fourth-order valence-electron chi connectivity index (χ4n) is 4.83. The van der Waals surface area contributed by atoms with E-state index in [9.17, 15) is 4.79 Å². The van der Waals surface area contributed by atoms with Gasteiger partial charge in [-0.05, 0) is 71.3 Å². The van der Waals surface area contributed by atoms with Gasteiger partial charge in [-0.2, -0.15) is 0 Å². The standard InChI is InChI=1S/C18H32N2O3/c1-18(2,3)23-17(21)20-13-5-6-14(20)10-12(9-13)15-7-8-19-11-16(15)22-4/h12-16,19H,5-11H2,1-4H3/t12?,13-,14+,15?,16?. The van der Waals surface area contributed by atoms with Crippen LogP contribution in [-0.4, -0.2) is 55.0 Å². The maximum absolute atomic E-state index is 12.5. The number of fused-ring (bicyclic) bond motifs is 2. The van der Waals surface area contributed by atoms with Crippen molar-refractivity contribution < 1.29 is 14.3 Å². The third-order valence-corrected chi connectivity index (χ3v) is 5.76. The molecule has 2 bridgehead atoms. The fourth-order valence-corrected chi connectivity index (χ4v) is 4.83. The van der Waals surface area contributed by atoms with Gasteiger partial charge in [0.1, 0.15) is 5.60 Å². The van der Waals surface area contributed by atoms with Crippen molar-refractivity contribution in [3.05, 3.63) is 0 Å². The Kier molecular flexibility index (Phi) is 4.88. The minimum Gasteiger partial charge on any atom is -0.444 e. The molecule has 3 heterocycles. The molecule has 3 aliphatic heterocycles. The molecule has 0 aliphatic carbocycles. The molecule has 3 aliphatic rings. The minimum atomic E-state index is -0.413. The highest BCUT2D eigenvalue weighted by Gasteiger charge is 2.47. The van der Waals surface area contributed by atoms with E-state index in [0.29, 0.717) is 30.0 Å². The molecule has 132 valence electrons. The van der Waals surface area contributed by atoms with E-state index in [0.717, 1.165) is 38.8 Å². The van der Waals surface area contributed by atoms with Crippen LogP contribution in [0.3, 0.4) is 0 Å². The van der Waals surface area contributed by atoms with E-state index in [4.69, 9.17) is 9.47 Å². The van der Waals surface area contributed by atoms with E-state index in [2.05, 4.69) is 5.32 Å². The lowest BCUT2D eigenvalue weighted by Crippen LogP contribution is -2.52. The predicted octanol–water partition coefficient (Wildman–Crippen LogP) is 2.79. The highest BCUT2D eigenvalue weighted by atomic mass is 16.6. The smallest absolute Gasteiger partial charge is 0.410 e. The van der Waals surface area contributed by atoms with Crippen LogP contribution in [-0.2, 0) is 9.47 Å². The molecule has 1 amide bonds. The van der Waals surface area contributed by atoms with E-state index in [1.54, 1.807) is 0 Å². The molecule has 0 aromatic rings. The molecule has 3 rings (SSSR count). The molecule has 0 radical (unpaired) electrons. The van der Waals surface area contributed by atoms with Crippen molar-refractivity contribution in [2.45, 2.75) is 76.7 Å². The van der Waals surface area contributed by atoms with Crippen LogP contribution in [0.25, 0.3) is 0 Å². The van der Waals surface area contributed by atoms with Gasteiger partial charge in [0.2, 0.25) is 0 Å². The molecule has 3 saturated heterocycles. The number of ether oxygens (including phenoxy) is 2. The number of nitrogens with one attached hydrogen (secondary N) is 1. The number of methoxy groups -OCH3 is 1. The first kappa shape index (κ1) is 17.0. The molecular weight excluding hydrogens is 292 g/mol. The molecule has 5 atom stereocenters. The molecule has 5 heteroatoms. The first-order valence-electron chi connectivity index (χ1n) is 9.14. The number of piperidine rings is 2. The van der Waals surface area contributed by atoms with Gasteiger partial charge in [-0.3, -0.25) is 0 Å². The fraction of sp³-hybridized carbons (Fsp3) is 0.944. The molecule has 1 N–H and O–H groups in total. The van der Waals surface area contributed by atoms with E-state index < -0.39 is 5.60 Å². The van der Waals surface area contributed by atoms with E-state index in [-0.39, 0.29) is 6.09 Å². The zero-order valence-corrected chi connectivity index (χ0v) is 15.0. The Morgan fingerprint density at radius 2 is 1.78 bits per heavy atom. The van der Waals surface area contributed by atoms with Crippen LogP contribution in [0.15, 0.2) is 0 Å². The van der Waals surface area contributed by atoms with Gasteiger partial charge in [0.05, 0.1) is 6.10 Å². The lowest BCUT2D eigenvalue weighted by atomic mass is 9.75. The Hall–Kier alpha value is -0.810. The molecule has 0 aromatic carbocycles. The Bertz CT molecular complexity index is 420. The highest BCUT2D eigenvalue weighted by molar-refractivity contribution is 5.69. The molecule has 0 aromatic heterocycles. The van der Waals surface area contributed by atoms with Gasteiger partial charge in [-0.25, -0.2) is 4.79 Å². The van der Waals surface area contributed by atoms with Gasteiger partial charge in [-0.1, -0.05) is 0 Å². The summed E-state index contributed by atoms with van der Waals surface area (Å²) in [5, 5.41) is 3.44. The minimum absolute atomic E-state index is 0.114. The van der Waals surface area contributed by atoms with E-state index in [1.807, 2.05) is 32.8 Å². The lowest BCUT2D eigenvalue weighted by Gasteiger charge is -2.44. The Balaban J connectivity index is 1.66. The molecule has 5 nitrogen and oxygen atoms in total. The quantitative estimate of drug-likeness (QED) is 0.848. The van der Waals surface area contributed by atoms with Gasteiger partial charge < -0.3 is 19.7 Å². The molecule has 3 unspecified atom stereocenters. The topological polar surface area (TPSA) is 50.8 Å². The average molecular weight is 324 g/mol. The highest BCUT2D eigenvalue weighted by Crippen LogP contribution is 2.44. The van der Waals surface area contributed by atoms with E-state index in [1.165, 1.54) is 6.42 Å². The van der Waals surface area contributed by atoms with E-state index >= 15 is 0 Å². The first-order chi connectivity index (χ1) is 10.9. The summed E-state index contributed by atoms with van der Waals surface area (Å²) in [7, 11) is 1.83. The van der Waals surface area contributed by atoms with Crippen molar-refractivity contribution >= 4 is 6.09 Å². The number of carbonyl (C=O) groups is 1. The zero-order chi connectivity index (χ0) is 16.6. The number of rotatable bonds is 2. The first-order valence-corrected chi connectivity index (χ1v) is 9.14. The summed E-state index contributed by atoms with van der Waals surface area (Å²) in [5.74, 6) is 1.31. The van der Waals surface area contributed by atoms with Crippen molar-refractivity contribution in [1.82, 2.24) is 10.2 Å². The summed E-state index contributed by atoms with van der Waals surface area (Å²) in [6.07, 6.45) is 5.88. The van der Waals surface area contributed by atoms with Gasteiger partial charge in [-0.15, -0.1) is 0 Å². The summed E-state index contributed by atoms with van der Waals surface area (Å²) in [4.78, 5) is 14.6. The Morgan fingerprint density at radius 1 is 1.13 bits per heavy atom. The van der Waals surface area contributed by atoms with Crippen LogP contribution in [0, 0.1) is 11.8 Å². The number of carbonyl (C=O) groups excluding carboxylic acids is 1. The zero-order valence-electron chi connectivity index (χ0n) is 15.0. The monoisotopic (exact) mass is 324 g/mol. The number of hydrogen-bond acceptors (Lipinski definition) is 4. The summed E-state index contributed by atoms with van der Waals surface area (Å²) in [6, 6.07) is 0.724. The van der Waals surface area contributed by atoms with Gasteiger partial charge in [0.25, 0.3) is 0 Å². The summed E-state index contributed by atoms with van der Waals surface area (Å²) < 4.78 is 11.4. The van der Waals surface area contributed by atoms with Gasteiger partial charge >= 0.3 is 6.09 Å². The van der Waals surface area contributed by atoms with Crippen molar-refractivity contribution in [2.75, 3.05) is 20.2 Å². The molecule has 3 fully saturated rings. The largest absolute Gasteiger partial charge is 0.444 e. The van der Waals surface area contributed by atoms with Crippen LogP contribution >= 0.6 is 0 Å². The molecular formula is C18H32N2O3. The normalized spacial score (nSPS) is 37.7. The second-order valence-electron chi connectivity index (χ2n) is 8.43. The second kappa shape index (κ2) is 6.60.